The summed E-state index contributed by atoms with van der Waals surface area (Å²) >= 11 is 5.71. The minimum absolute atomic E-state index is 0.0731. The Labute approximate surface area is 133 Å². The second-order valence-electron chi connectivity index (χ2n) is 4.52. The van der Waals surface area contributed by atoms with Gasteiger partial charge in [-0.1, -0.05) is 18.5 Å². The van der Waals surface area contributed by atoms with Gasteiger partial charge in [0.15, 0.2) is 0 Å². The molecule has 9 heteroatoms. The highest BCUT2D eigenvalue weighted by molar-refractivity contribution is 7.91. The van der Waals surface area contributed by atoms with E-state index in [0.717, 1.165) is 0 Å². The molecular weight excluding hydrogens is 332 g/mol. The van der Waals surface area contributed by atoms with Crippen LogP contribution in [0.2, 0.25) is 5.02 Å². The molecule has 0 bridgehead atoms. The molecule has 122 valence electrons. The van der Waals surface area contributed by atoms with Crippen LogP contribution in [0.15, 0.2) is 24.3 Å². The van der Waals surface area contributed by atoms with Crippen molar-refractivity contribution < 1.29 is 23.1 Å². The Hall–Kier alpha value is -1.80. The van der Waals surface area contributed by atoms with Gasteiger partial charge in [-0.3, -0.25) is 0 Å². The van der Waals surface area contributed by atoms with Gasteiger partial charge in [0.25, 0.3) is 0 Å². The zero-order valence-corrected chi connectivity index (χ0v) is 13.4. The number of carboxylic acids is 1. The van der Waals surface area contributed by atoms with Gasteiger partial charge in [0, 0.05) is 16.5 Å². The molecule has 1 unspecified atom stereocenters. The largest absolute Gasteiger partial charge is 0.480 e. The number of carbonyl (C=O) groups is 2. The van der Waals surface area contributed by atoms with Crippen LogP contribution in [0.5, 0.6) is 0 Å². The molecule has 1 aromatic rings. The fourth-order valence-corrected chi connectivity index (χ4v) is 2.57. The standard InChI is InChI=1S/C13H17ClN2O5S/c1-2-22(20,21)8-7-11(12(17)18)16-13(19)15-10-5-3-9(14)4-6-10/h3-6,11H,2,7-8H2,1H3,(H,17,18)(H2,15,16,19). The summed E-state index contributed by atoms with van der Waals surface area (Å²) in [6, 6.07) is 4.23. The summed E-state index contributed by atoms with van der Waals surface area (Å²) in [6.45, 7) is 1.48. The first-order chi connectivity index (χ1) is 10.2. The van der Waals surface area contributed by atoms with Crippen molar-refractivity contribution in [3.05, 3.63) is 29.3 Å². The Kier molecular flexibility index (Phi) is 6.63. The highest BCUT2D eigenvalue weighted by Gasteiger charge is 2.22. The Bertz CT molecular complexity index is 630. The molecule has 1 rings (SSSR count). The van der Waals surface area contributed by atoms with Crippen molar-refractivity contribution >= 4 is 39.1 Å². The van der Waals surface area contributed by atoms with Crippen LogP contribution in [0.1, 0.15) is 13.3 Å². The molecule has 0 aliphatic carbocycles. The van der Waals surface area contributed by atoms with E-state index in [-0.39, 0.29) is 17.9 Å². The fourth-order valence-electron chi connectivity index (χ4n) is 1.56. The van der Waals surface area contributed by atoms with Crippen LogP contribution in [0, 0.1) is 0 Å². The lowest BCUT2D eigenvalue weighted by molar-refractivity contribution is -0.139. The molecule has 0 aliphatic heterocycles. The van der Waals surface area contributed by atoms with Gasteiger partial charge in [0.2, 0.25) is 0 Å². The van der Waals surface area contributed by atoms with Gasteiger partial charge in [0.1, 0.15) is 15.9 Å². The highest BCUT2D eigenvalue weighted by Crippen LogP contribution is 2.13. The predicted molar refractivity (Wildman–Crippen MR) is 84.0 cm³/mol. The molecule has 3 N–H and O–H groups in total. The van der Waals surface area contributed by atoms with E-state index in [2.05, 4.69) is 10.6 Å². The summed E-state index contributed by atoms with van der Waals surface area (Å²) in [4.78, 5) is 22.8. The number of hydrogen-bond acceptors (Lipinski definition) is 4. The quantitative estimate of drug-likeness (QED) is 0.694. The minimum atomic E-state index is -3.30. The average Bonchev–Trinajstić information content (AvgIpc) is 2.45. The summed E-state index contributed by atoms with van der Waals surface area (Å²) in [5.41, 5.74) is 0.437. The van der Waals surface area contributed by atoms with Crippen LogP contribution in [0.4, 0.5) is 10.5 Å². The molecule has 0 heterocycles. The van der Waals surface area contributed by atoms with Crippen LogP contribution in [0.3, 0.4) is 0 Å². The minimum Gasteiger partial charge on any atom is -0.480 e. The molecule has 0 aromatic heterocycles. The van der Waals surface area contributed by atoms with Gasteiger partial charge in [-0.15, -0.1) is 0 Å². The fraction of sp³-hybridized carbons (Fsp3) is 0.385. The van der Waals surface area contributed by atoms with Crippen molar-refractivity contribution in [2.75, 3.05) is 16.8 Å². The molecule has 0 saturated heterocycles. The first-order valence-electron chi connectivity index (χ1n) is 6.50. The molecule has 0 radical (unpaired) electrons. The van der Waals surface area contributed by atoms with Gasteiger partial charge in [-0.2, -0.15) is 0 Å². The summed E-state index contributed by atoms with van der Waals surface area (Å²) in [5.74, 6) is -1.67. The average molecular weight is 349 g/mol. The summed E-state index contributed by atoms with van der Waals surface area (Å²) < 4.78 is 22.8. The van der Waals surface area contributed by atoms with Crippen LogP contribution >= 0.6 is 11.6 Å². The van der Waals surface area contributed by atoms with E-state index in [1.54, 1.807) is 24.3 Å². The maximum Gasteiger partial charge on any atom is 0.326 e. The molecule has 0 spiro atoms. The summed E-state index contributed by atoms with van der Waals surface area (Å²) in [7, 11) is -3.30. The number of urea groups is 1. The smallest absolute Gasteiger partial charge is 0.326 e. The van der Waals surface area contributed by atoms with Crippen LogP contribution < -0.4 is 10.6 Å². The third-order valence-corrected chi connectivity index (χ3v) is 4.85. The van der Waals surface area contributed by atoms with Gasteiger partial charge in [-0.25, -0.2) is 18.0 Å². The normalized spacial score (nSPS) is 12.5. The molecule has 7 nitrogen and oxygen atoms in total. The van der Waals surface area contributed by atoms with Crippen molar-refractivity contribution in [2.24, 2.45) is 0 Å². The van der Waals surface area contributed by atoms with Crippen molar-refractivity contribution in [3.63, 3.8) is 0 Å². The van der Waals surface area contributed by atoms with Gasteiger partial charge in [0.05, 0.1) is 5.75 Å². The molecule has 1 atom stereocenters. The Morgan fingerprint density at radius 2 is 1.86 bits per heavy atom. The van der Waals surface area contributed by atoms with Gasteiger partial charge >= 0.3 is 12.0 Å². The van der Waals surface area contributed by atoms with E-state index < -0.39 is 27.9 Å². The second kappa shape index (κ2) is 8.00. The third-order valence-electron chi connectivity index (χ3n) is 2.86. The number of carbonyl (C=O) groups excluding carboxylic acids is 1. The lowest BCUT2D eigenvalue weighted by atomic mass is 10.2. The van der Waals surface area contributed by atoms with E-state index >= 15 is 0 Å². The van der Waals surface area contributed by atoms with Crippen molar-refractivity contribution in [1.29, 1.82) is 0 Å². The number of sulfone groups is 1. The van der Waals surface area contributed by atoms with Gasteiger partial charge < -0.3 is 15.7 Å². The molecule has 0 aliphatic rings. The van der Waals surface area contributed by atoms with Crippen molar-refractivity contribution in [3.8, 4) is 0 Å². The van der Waals surface area contributed by atoms with Crippen molar-refractivity contribution in [1.82, 2.24) is 5.32 Å². The first kappa shape index (κ1) is 18.2. The Morgan fingerprint density at radius 1 is 1.27 bits per heavy atom. The van der Waals surface area contributed by atoms with Crippen molar-refractivity contribution in [2.45, 2.75) is 19.4 Å². The Balaban J connectivity index is 2.61. The SMILES string of the molecule is CCS(=O)(=O)CCC(NC(=O)Nc1ccc(Cl)cc1)C(=O)O. The van der Waals surface area contributed by atoms with Crippen LogP contribution in [-0.2, 0) is 14.6 Å². The predicted octanol–water partition coefficient (Wildman–Crippen LogP) is 1.74. The lowest BCUT2D eigenvalue weighted by Gasteiger charge is -2.15. The van der Waals surface area contributed by atoms with E-state index in [0.29, 0.717) is 10.7 Å². The highest BCUT2D eigenvalue weighted by atomic mass is 35.5. The zero-order chi connectivity index (χ0) is 16.8. The number of amides is 2. The molecule has 0 fully saturated rings. The number of aliphatic carboxylic acids is 1. The topological polar surface area (TPSA) is 113 Å². The van der Waals surface area contributed by atoms with E-state index in [1.165, 1.54) is 6.92 Å². The van der Waals surface area contributed by atoms with Crippen LogP contribution in [0.25, 0.3) is 0 Å². The lowest BCUT2D eigenvalue weighted by Crippen LogP contribution is -2.44. The zero-order valence-electron chi connectivity index (χ0n) is 11.9. The number of halogens is 1. The number of carboxylic acid groups (broad SMARTS) is 1. The van der Waals surface area contributed by atoms with E-state index in [4.69, 9.17) is 16.7 Å². The summed E-state index contributed by atoms with van der Waals surface area (Å²) in [5, 5.41) is 14.2. The molecule has 0 saturated carbocycles. The molecular formula is C13H17ClN2O5S. The maximum atomic E-state index is 11.7. The summed E-state index contributed by atoms with van der Waals surface area (Å²) in [6.07, 6.45) is -0.195. The third kappa shape index (κ3) is 6.31. The molecule has 2 amide bonds. The number of hydrogen-bond donors (Lipinski definition) is 3. The maximum absolute atomic E-state index is 11.7. The van der Waals surface area contributed by atoms with E-state index in [1.807, 2.05) is 0 Å². The molecule has 1 aromatic carbocycles. The number of benzene rings is 1. The number of rotatable bonds is 7. The van der Waals surface area contributed by atoms with Crippen LogP contribution in [-0.4, -0.2) is 43.1 Å². The van der Waals surface area contributed by atoms with E-state index in [9.17, 15) is 18.0 Å². The second-order valence-corrected chi connectivity index (χ2v) is 7.43. The first-order valence-corrected chi connectivity index (χ1v) is 8.69. The monoisotopic (exact) mass is 348 g/mol. The molecule has 22 heavy (non-hydrogen) atoms. The number of nitrogens with one attached hydrogen (secondary N) is 2. The number of anilines is 1. The van der Waals surface area contributed by atoms with Gasteiger partial charge in [-0.05, 0) is 30.7 Å². The Morgan fingerprint density at radius 3 is 2.36 bits per heavy atom.